The summed E-state index contributed by atoms with van der Waals surface area (Å²) >= 11 is 0. The van der Waals surface area contributed by atoms with Crippen molar-refractivity contribution in [2.24, 2.45) is 5.41 Å². The van der Waals surface area contributed by atoms with Gasteiger partial charge in [-0.05, 0) is 22.8 Å². The molecule has 0 saturated carbocycles. The zero-order valence-electron chi connectivity index (χ0n) is 11.4. The Bertz CT molecular complexity index is 331. The van der Waals surface area contributed by atoms with E-state index in [0.717, 1.165) is 18.9 Å². The molecule has 0 bridgehead atoms. The van der Waals surface area contributed by atoms with Crippen molar-refractivity contribution >= 4 is 0 Å². The monoisotopic (exact) mass is 241 g/mol. The normalized spacial score (nSPS) is 13.9. The van der Waals surface area contributed by atoms with Crippen molar-refractivity contribution in [2.45, 2.75) is 40.3 Å². The molecular weight excluding hydrogens is 218 g/mol. The van der Waals surface area contributed by atoms with Crippen molar-refractivity contribution in [2.75, 3.05) is 20.3 Å². The number of hydrogen-bond donors (Lipinski definition) is 1. The highest BCUT2D eigenvalue weighted by atomic mass is 16.5. The van der Waals surface area contributed by atoms with Crippen LogP contribution in [0.1, 0.15) is 39.6 Å². The number of tetrazole rings is 1. The smallest absolute Gasteiger partial charge is 0.167 e. The van der Waals surface area contributed by atoms with Gasteiger partial charge in [0.25, 0.3) is 0 Å². The second-order valence-electron chi connectivity index (χ2n) is 5.42. The van der Waals surface area contributed by atoms with Crippen molar-refractivity contribution in [3.05, 3.63) is 5.82 Å². The number of methoxy groups -OCH3 is 1. The van der Waals surface area contributed by atoms with Gasteiger partial charge < -0.3 is 10.1 Å². The number of nitrogens with one attached hydrogen (secondary N) is 1. The molecule has 1 atom stereocenters. The third kappa shape index (κ3) is 4.79. The van der Waals surface area contributed by atoms with E-state index in [4.69, 9.17) is 4.74 Å². The molecule has 0 radical (unpaired) electrons. The predicted octanol–water partition coefficient (Wildman–Crippen LogP) is 1.02. The minimum atomic E-state index is 0.127. The Balaban J connectivity index is 2.61. The number of aromatic nitrogens is 4. The summed E-state index contributed by atoms with van der Waals surface area (Å²) in [5.41, 5.74) is 0.163. The fourth-order valence-corrected chi connectivity index (χ4v) is 1.55. The maximum atomic E-state index is 5.00. The summed E-state index contributed by atoms with van der Waals surface area (Å²) in [5.74, 6) is 0.871. The Kier molecular flexibility index (Phi) is 5.02. The molecule has 1 rings (SSSR count). The van der Waals surface area contributed by atoms with Crippen LogP contribution in [0, 0.1) is 5.41 Å². The molecule has 98 valence electrons. The molecule has 17 heavy (non-hydrogen) atoms. The highest BCUT2D eigenvalue weighted by Gasteiger charge is 2.18. The minimum Gasteiger partial charge on any atom is -0.383 e. The highest BCUT2D eigenvalue weighted by molar-refractivity contribution is 4.90. The summed E-state index contributed by atoms with van der Waals surface area (Å²) in [5, 5.41) is 15.2. The molecule has 1 N–H and O–H groups in total. The van der Waals surface area contributed by atoms with E-state index < -0.39 is 0 Å². The van der Waals surface area contributed by atoms with E-state index in [0.29, 0.717) is 6.61 Å². The molecule has 0 saturated heterocycles. The van der Waals surface area contributed by atoms with Gasteiger partial charge in [0.2, 0.25) is 0 Å². The number of nitrogens with zero attached hydrogens (tertiary/aromatic N) is 4. The Morgan fingerprint density at radius 3 is 2.71 bits per heavy atom. The Morgan fingerprint density at radius 1 is 1.41 bits per heavy atom. The highest BCUT2D eigenvalue weighted by Crippen LogP contribution is 2.18. The largest absolute Gasteiger partial charge is 0.383 e. The molecule has 6 heteroatoms. The lowest BCUT2D eigenvalue weighted by molar-refractivity contribution is 0.195. The molecule has 0 fully saturated rings. The van der Waals surface area contributed by atoms with Crippen LogP contribution in [-0.2, 0) is 11.3 Å². The molecule has 6 nitrogen and oxygen atoms in total. The van der Waals surface area contributed by atoms with Crippen molar-refractivity contribution in [1.29, 1.82) is 0 Å². The maximum absolute atomic E-state index is 5.00. The average Bonchev–Trinajstić information content (AvgIpc) is 2.63. The lowest BCUT2D eigenvalue weighted by Gasteiger charge is -2.20. The standard InChI is InChI=1S/C11H23N5O/c1-9(12-6-7-17-5)10-13-14-15-16(10)8-11(2,3)4/h9,12H,6-8H2,1-5H3. The van der Waals surface area contributed by atoms with E-state index >= 15 is 0 Å². The molecule has 1 heterocycles. The molecule has 1 aromatic heterocycles. The van der Waals surface area contributed by atoms with E-state index in [1.165, 1.54) is 0 Å². The van der Waals surface area contributed by atoms with Gasteiger partial charge in [-0.25, -0.2) is 4.68 Å². The summed E-state index contributed by atoms with van der Waals surface area (Å²) in [6.45, 7) is 10.8. The van der Waals surface area contributed by atoms with E-state index in [2.05, 4.69) is 48.5 Å². The van der Waals surface area contributed by atoms with Gasteiger partial charge in [-0.3, -0.25) is 0 Å². The molecule has 0 amide bonds. The average molecular weight is 241 g/mol. The maximum Gasteiger partial charge on any atom is 0.167 e. The lowest BCUT2D eigenvalue weighted by atomic mass is 9.97. The zero-order valence-corrected chi connectivity index (χ0v) is 11.4. The molecule has 0 aromatic carbocycles. The molecule has 0 aliphatic rings. The number of rotatable bonds is 6. The molecular formula is C11H23N5O. The van der Waals surface area contributed by atoms with Crippen LogP contribution in [0.2, 0.25) is 0 Å². The van der Waals surface area contributed by atoms with Gasteiger partial charge in [0.1, 0.15) is 0 Å². The van der Waals surface area contributed by atoms with E-state index in [9.17, 15) is 0 Å². The van der Waals surface area contributed by atoms with Crippen LogP contribution in [0.25, 0.3) is 0 Å². The van der Waals surface area contributed by atoms with E-state index in [1.54, 1.807) is 7.11 Å². The summed E-state index contributed by atoms with van der Waals surface area (Å²) in [7, 11) is 1.69. The summed E-state index contributed by atoms with van der Waals surface area (Å²) in [6.07, 6.45) is 0. The van der Waals surface area contributed by atoms with Crippen molar-refractivity contribution < 1.29 is 4.74 Å². The molecule has 0 aliphatic heterocycles. The van der Waals surface area contributed by atoms with Crippen LogP contribution < -0.4 is 5.32 Å². The first-order chi connectivity index (χ1) is 7.94. The number of ether oxygens (including phenoxy) is 1. The Labute approximate surface area is 103 Å². The third-order valence-corrected chi connectivity index (χ3v) is 2.33. The van der Waals surface area contributed by atoms with Gasteiger partial charge in [-0.1, -0.05) is 20.8 Å². The predicted molar refractivity (Wildman–Crippen MR) is 65.6 cm³/mol. The second-order valence-corrected chi connectivity index (χ2v) is 5.42. The minimum absolute atomic E-state index is 0.127. The first kappa shape index (κ1) is 14.1. The Morgan fingerprint density at radius 2 is 2.12 bits per heavy atom. The summed E-state index contributed by atoms with van der Waals surface area (Å²) < 4.78 is 6.86. The van der Waals surface area contributed by atoms with Crippen LogP contribution in [0.5, 0.6) is 0 Å². The quantitative estimate of drug-likeness (QED) is 0.753. The van der Waals surface area contributed by atoms with Gasteiger partial charge in [0.05, 0.1) is 12.6 Å². The fraction of sp³-hybridized carbons (Fsp3) is 0.909. The topological polar surface area (TPSA) is 64.9 Å². The molecule has 0 spiro atoms. The van der Waals surface area contributed by atoms with Crippen LogP contribution in [-0.4, -0.2) is 40.5 Å². The molecule has 1 unspecified atom stereocenters. The second kappa shape index (κ2) is 6.07. The Hall–Kier alpha value is -1.01. The van der Waals surface area contributed by atoms with Crippen LogP contribution in [0.4, 0.5) is 0 Å². The van der Waals surface area contributed by atoms with Crippen LogP contribution in [0.3, 0.4) is 0 Å². The molecule has 1 aromatic rings. The lowest BCUT2D eigenvalue weighted by Crippen LogP contribution is -2.27. The summed E-state index contributed by atoms with van der Waals surface area (Å²) in [6, 6.07) is 0.127. The fourth-order valence-electron chi connectivity index (χ4n) is 1.55. The van der Waals surface area contributed by atoms with Gasteiger partial charge in [0.15, 0.2) is 5.82 Å². The van der Waals surface area contributed by atoms with Crippen molar-refractivity contribution in [1.82, 2.24) is 25.5 Å². The first-order valence-corrected chi connectivity index (χ1v) is 5.92. The van der Waals surface area contributed by atoms with Gasteiger partial charge >= 0.3 is 0 Å². The van der Waals surface area contributed by atoms with E-state index in [-0.39, 0.29) is 11.5 Å². The number of hydrogen-bond acceptors (Lipinski definition) is 5. The molecule has 0 aliphatic carbocycles. The first-order valence-electron chi connectivity index (χ1n) is 5.92. The summed E-state index contributed by atoms with van der Waals surface area (Å²) in [4.78, 5) is 0. The van der Waals surface area contributed by atoms with Crippen LogP contribution in [0.15, 0.2) is 0 Å². The van der Waals surface area contributed by atoms with Gasteiger partial charge in [-0.15, -0.1) is 5.10 Å². The third-order valence-electron chi connectivity index (χ3n) is 2.33. The van der Waals surface area contributed by atoms with Crippen LogP contribution >= 0.6 is 0 Å². The SMILES string of the molecule is COCCNC(C)c1nnnn1CC(C)(C)C. The zero-order chi connectivity index (χ0) is 12.9. The van der Waals surface area contributed by atoms with Crippen molar-refractivity contribution in [3.63, 3.8) is 0 Å². The van der Waals surface area contributed by atoms with Crippen molar-refractivity contribution in [3.8, 4) is 0 Å². The van der Waals surface area contributed by atoms with Gasteiger partial charge in [-0.2, -0.15) is 0 Å². The van der Waals surface area contributed by atoms with Gasteiger partial charge in [0, 0.05) is 20.2 Å². The van der Waals surface area contributed by atoms with E-state index in [1.807, 2.05) is 4.68 Å².